The third-order valence-corrected chi connectivity index (χ3v) is 2.84. The normalized spacial score (nSPS) is 11.5. The van der Waals surface area contributed by atoms with Crippen LogP contribution in [0, 0.1) is 0 Å². The van der Waals surface area contributed by atoms with Gasteiger partial charge in [-0.15, -0.1) is 0 Å². The van der Waals surface area contributed by atoms with Crippen molar-refractivity contribution >= 4 is 17.9 Å². The van der Waals surface area contributed by atoms with Gasteiger partial charge in [-0.25, -0.2) is 14.4 Å². The number of ether oxygens (including phenoxy) is 1. The highest BCUT2D eigenvalue weighted by Gasteiger charge is 2.21. The van der Waals surface area contributed by atoms with Gasteiger partial charge in [0.25, 0.3) is 0 Å². The van der Waals surface area contributed by atoms with Gasteiger partial charge in [0.1, 0.15) is 6.10 Å². The lowest BCUT2D eigenvalue weighted by Crippen LogP contribution is -2.14. The van der Waals surface area contributed by atoms with Crippen LogP contribution in [-0.2, 0) is 9.53 Å². The van der Waals surface area contributed by atoms with E-state index in [9.17, 15) is 14.4 Å². The van der Waals surface area contributed by atoms with E-state index in [1.54, 1.807) is 6.92 Å². The molecule has 0 bridgehead atoms. The number of carbonyl (C=O) groups excluding carboxylic acids is 1. The summed E-state index contributed by atoms with van der Waals surface area (Å²) in [6.07, 6.45) is -0.236. The van der Waals surface area contributed by atoms with Crippen LogP contribution >= 0.6 is 0 Å². The van der Waals surface area contributed by atoms with Crippen molar-refractivity contribution in [3.8, 4) is 0 Å². The van der Waals surface area contributed by atoms with Crippen LogP contribution in [0.2, 0.25) is 0 Å². The second-order valence-corrected chi connectivity index (χ2v) is 4.50. The molecule has 0 aliphatic rings. The van der Waals surface area contributed by atoms with E-state index in [1.807, 2.05) is 0 Å². The lowest BCUT2D eigenvalue weighted by Gasteiger charge is -2.17. The number of benzene rings is 1. The maximum absolute atomic E-state index is 11.5. The number of carbonyl (C=O) groups is 3. The molecule has 0 spiro atoms. The van der Waals surface area contributed by atoms with Gasteiger partial charge in [0, 0.05) is 5.57 Å². The van der Waals surface area contributed by atoms with E-state index in [-0.39, 0.29) is 16.7 Å². The van der Waals surface area contributed by atoms with Gasteiger partial charge >= 0.3 is 17.9 Å². The zero-order chi connectivity index (χ0) is 16.2. The molecule has 6 nitrogen and oxygen atoms in total. The molecule has 1 unspecified atom stereocenters. The molecule has 1 aromatic rings. The minimum atomic E-state index is -1.35. The molecule has 1 rings (SSSR count). The average molecular weight is 292 g/mol. The molecule has 0 saturated heterocycles. The highest BCUT2D eigenvalue weighted by molar-refractivity contribution is 6.01. The Labute approximate surface area is 121 Å². The molecule has 0 fully saturated rings. The molecule has 0 aliphatic heterocycles. The number of carboxylic acids is 2. The summed E-state index contributed by atoms with van der Waals surface area (Å²) in [7, 11) is 0. The Morgan fingerprint density at radius 1 is 1.19 bits per heavy atom. The van der Waals surface area contributed by atoms with Gasteiger partial charge in [-0.2, -0.15) is 0 Å². The first-order valence-corrected chi connectivity index (χ1v) is 6.25. The van der Waals surface area contributed by atoms with E-state index in [0.29, 0.717) is 12.0 Å². The Morgan fingerprint density at radius 2 is 1.76 bits per heavy atom. The van der Waals surface area contributed by atoms with Crippen LogP contribution in [0.3, 0.4) is 0 Å². The topological polar surface area (TPSA) is 101 Å². The summed E-state index contributed by atoms with van der Waals surface area (Å²) in [5.74, 6) is -3.26. The Balaban J connectivity index is 3.20. The van der Waals surface area contributed by atoms with Gasteiger partial charge in [-0.1, -0.05) is 19.6 Å². The van der Waals surface area contributed by atoms with Crippen molar-refractivity contribution in [2.75, 3.05) is 0 Å². The molecule has 0 aromatic heterocycles. The number of hydrogen-bond donors (Lipinski definition) is 2. The van der Waals surface area contributed by atoms with E-state index >= 15 is 0 Å². The largest absolute Gasteiger partial charge is 0.478 e. The minimum absolute atomic E-state index is 0.231. The summed E-state index contributed by atoms with van der Waals surface area (Å²) in [6, 6.07) is 3.85. The third-order valence-electron chi connectivity index (χ3n) is 2.84. The first-order valence-electron chi connectivity index (χ1n) is 6.25. The molecule has 1 aromatic carbocycles. The van der Waals surface area contributed by atoms with Crippen molar-refractivity contribution in [2.45, 2.75) is 26.4 Å². The smallest absolute Gasteiger partial charge is 0.336 e. The minimum Gasteiger partial charge on any atom is -0.478 e. The zero-order valence-electron chi connectivity index (χ0n) is 11.8. The Bertz CT molecular complexity index is 602. The standard InChI is InChI=1S/C15H16O6/c1-4-12(21-15(20)8(2)3)9-5-6-10(13(16)17)11(7-9)14(18)19/h5-7,12H,2,4H2,1,3H3,(H,16,17)(H,18,19). The second-order valence-electron chi connectivity index (χ2n) is 4.50. The predicted molar refractivity (Wildman–Crippen MR) is 74.3 cm³/mol. The molecule has 0 radical (unpaired) electrons. The first kappa shape index (κ1) is 16.4. The summed E-state index contributed by atoms with van der Waals surface area (Å²) >= 11 is 0. The van der Waals surface area contributed by atoms with Crippen LogP contribution in [-0.4, -0.2) is 28.1 Å². The first-order chi connectivity index (χ1) is 9.77. The molecule has 21 heavy (non-hydrogen) atoms. The Morgan fingerprint density at radius 3 is 2.19 bits per heavy atom. The van der Waals surface area contributed by atoms with Gasteiger partial charge in [0.05, 0.1) is 11.1 Å². The van der Waals surface area contributed by atoms with Crippen LogP contribution in [0.1, 0.15) is 52.7 Å². The van der Waals surface area contributed by atoms with Crippen molar-refractivity contribution in [1.29, 1.82) is 0 Å². The summed E-state index contributed by atoms with van der Waals surface area (Å²) in [6.45, 7) is 6.74. The van der Waals surface area contributed by atoms with Gasteiger partial charge < -0.3 is 14.9 Å². The molecular formula is C15H16O6. The van der Waals surface area contributed by atoms with E-state index in [4.69, 9.17) is 14.9 Å². The predicted octanol–water partition coefficient (Wildman–Crippen LogP) is 2.65. The van der Waals surface area contributed by atoms with Crippen molar-refractivity contribution < 1.29 is 29.3 Å². The van der Waals surface area contributed by atoms with Crippen LogP contribution in [0.25, 0.3) is 0 Å². The molecular weight excluding hydrogens is 276 g/mol. The maximum atomic E-state index is 11.5. The number of aromatic carboxylic acids is 2. The lowest BCUT2D eigenvalue weighted by atomic mass is 9.99. The number of esters is 1. The average Bonchev–Trinajstić information content (AvgIpc) is 2.43. The van der Waals surface area contributed by atoms with Crippen LogP contribution in [0.4, 0.5) is 0 Å². The maximum Gasteiger partial charge on any atom is 0.336 e. The highest BCUT2D eigenvalue weighted by atomic mass is 16.5. The van der Waals surface area contributed by atoms with Crippen molar-refractivity contribution in [1.82, 2.24) is 0 Å². The van der Waals surface area contributed by atoms with Crippen LogP contribution in [0.5, 0.6) is 0 Å². The van der Waals surface area contributed by atoms with Crippen molar-refractivity contribution in [3.05, 3.63) is 47.0 Å². The molecule has 0 aliphatic carbocycles. The Hall–Kier alpha value is -2.63. The fourth-order valence-corrected chi connectivity index (χ4v) is 1.74. The van der Waals surface area contributed by atoms with Gasteiger partial charge in [-0.05, 0) is 31.0 Å². The summed E-state index contributed by atoms with van der Waals surface area (Å²) in [5, 5.41) is 18.0. The molecule has 0 amide bonds. The highest BCUT2D eigenvalue weighted by Crippen LogP contribution is 2.25. The van der Waals surface area contributed by atoms with E-state index < -0.39 is 24.0 Å². The Kier molecular flexibility index (Phi) is 5.24. The molecule has 6 heteroatoms. The molecule has 1 atom stereocenters. The second kappa shape index (κ2) is 6.69. The number of hydrogen-bond acceptors (Lipinski definition) is 4. The lowest BCUT2D eigenvalue weighted by molar-refractivity contribution is -0.144. The summed E-state index contributed by atoms with van der Waals surface area (Å²) in [4.78, 5) is 33.7. The molecule has 112 valence electrons. The molecule has 0 saturated carbocycles. The van der Waals surface area contributed by atoms with Crippen LogP contribution in [0.15, 0.2) is 30.4 Å². The van der Waals surface area contributed by atoms with Gasteiger partial charge in [0.2, 0.25) is 0 Å². The zero-order valence-corrected chi connectivity index (χ0v) is 11.8. The van der Waals surface area contributed by atoms with Crippen molar-refractivity contribution in [3.63, 3.8) is 0 Å². The summed E-state index contributed by atoms with van der Waals surface area (Å²) < 4.78 is 5.20. The van der Waals surface area contributed by atoms with E-state index in [1.165, 1.54) is 25.1 Å². The number of carboxylic acid groups (broad SMARTS) is 2. The quantitative estimate of drug-likeness (QED) is 0.617. The van der Waals surface area contributed by atoms with E-state index in [0.717, 1.165) is 0 Å². The molecule has 2 N–H and O–H groups in total. The van der Waals surface area contributed by atoms with E-state index in [2.05, 4.69) is 6.58 Å². The van der Waals surface area contributed by atoms with Crippen molar-refractivity contribution in [2.24, 2.45) is 0 Å². The SMILES string of the molecule is C=C(C)C(=O)OC(CC)c1ccc(C(=O)O)c(C(=O)O)c1. The fraction of sp³-hybridized carbons (Fsp3) is 0.267. The van der Waals surface area contributed by atoms with Gasteiger partial charge in [-0.3, -0.25) is 0 Å². The monoisotopic (exact) mass is 292 g/mol. The molecule has 0 heterocycles. The van der Waals surface area contributed by atoms with Gasteiger partial charge in [0.15, 0.2) is 0 Å². The van der Waals surface area contributed by atoms with Crippen LogP contribution < -0.4 is 0 Å². The summed E-state index contributed by atoms with van der Waals surface area (Å²) in [5.41, 5.74) is 0.000666. The number of rotatable bonds is 6. The third kappa shape index (κ3) is 3.92. The fourth-order valence-electron chi connectivity index (χ4n) is 1.74.